The Hall–Kier alpha value is -3.15. The number of carbonyl (C=O) groups excluding carboxylic acids is 3. The third-order valence-corrected chi connectivity index (χ3v) is 9.35. The van der Waals surface area contributed by atoms with E-state index in [-0.39, 0.29) is 59.2 Å². The van der Waals surface area contributed by atoms with Crippen LogP contribution in [0.3, 0.4) is 0 Å². The second kappa shape index (κ2) is 10.0. The smallest absolute Gasteiger partial charge is 0.233 e. The number of hydrogen-bond acceptors (Lipinski definition) is 9. The van der Waals surface area contributed by atoms with Gasteiger partial charge in [-0.25, -0.2) is 4.39 Å². The van der Waals surface area contributed by atoms with Gasteiger partial charge in [0.25, 0.3) is 0 Å². The topological polar surface area (TPSA) is 155 Å². The van der Waals surface area contributed by atoms with E-state index in [1.54, 1.807) is 19.0 Å². The predicted molar refractivity (Wildman–Crippen MR) is 143 cm³/mol. The van der Waals surface area contributed by atoms with Gasteiger partial charge in [0.2, 0.25) is 5.91 Å². The summed E-state index contributed by atoms with van der Waals surface area (Å²) < 4.78 is 27.7. The third kappa shape index (κ3) is 4.01. The van der Waals surface area contributed by atoms with Crippen molar-refractivity contribution in [3.8, 4) is 5.75 Å². The second-order valence-electron chi connectivity index (χ2n) is 11.7. The standard InChI is InChI=1S/C29H37FN4O6/c1-12(13-6-7-13)33-11-15-10-18(35)20-16(22(15)30)8-14-9-17-23(34(2)3)25(37)21(28(32)38)26(31)29(17,40-5)27(39-4)19(14)24(20)36/h10,12-14,17,21,23,31,33,35H,6-9,11H2,1-5H3,(H2,32,38). The molecule has 2 fully saturated rings. The number of halogens is 1. The van der Waals surface area contributed by atoms with Crippen LogP contribution in [0, 0.1) is 34.9 Å². The van der Waals surface area contributed by atoms with Crippen LogP contribution in [0.1, 0.15) is 47.7 Å². The monoisotopic (exact) mass is 556 g/mol. The first-order valence-corrected chi connectivity index (χ1v) is 13.6. The van der Waals surface area contributed by atoms with Gasteiger partial charge in [0.1, 0.15) is 23.2 Å². The van der Waals surface area contributed by atoms with Crippen LogP contribution < -0.4 is 11.1 Å². The van der Waals surface area contributed by atoms with E-state index in [9.17, 15) is 19.5 Å². The van der Waals surface area contributed by atoms with Gasteiger partial charge >= 0.3 is 0 Å². The molecule has 40 heavy (non-hydrogen) atoms. The SMILES string of the molecule is COC1=C2C(=O)c3c(O)cc(CNC(C)C4CC4)c(F)c3CC2CC2C(N(C)C)C(=O)C(C(N)=O)C(=N)C12OC. The first kappa shape index (κ1) is 28.4. The number of carbonyl (C=O) groups is 3. The minimum atomic E-state index is -1.73. The van der Waals surface area contributed by atoms with Gasteiger partial charge in [-0.15, -0.1) is 0 Å². The fourth-order valence-electron chi connectivity index (χ4n) is 7.28. The maximum Gasteiger partial charge on any atom is 0.233 e. The highest BCUT2D eigenvalue weighted by atomic mass is 19.1. The Labute approximate surface area is 232 Å². The number of likely N-dealkylation sites (N-methyl/N-ethyl adjacent to an activating group) is 1. The van der Waals surface area contributed by atoms with Gasteiger partial charge in [-0.3, -0.25) is 19.3 Å². The van der Waals surface area contributed by atoms with Crippen molar-refractivity contribution in [1.82, 2.24) is 10.2 Å². The quantitative estimate of drug-likeness (QED) is 0.353. The zero-order valence-corrected chi connectivity index (χ0v) is 23.5. The van der Waals surface area contributed by atoms with E-state index in [0.29, 0.717) is 5.92 Å². The molecule has 0 radical (unpaired) electrons. The maximum atomic E-state index is 15.9. The number of aromatic hydroxyl groups is 1. The van der Waals surface area contributed by atoms with Crippen molar-refractivity contribution >= 4 is 23.2 Å². The number of hydrogen-bond donors (Lipinski definition) is 4. The number of primary amides is 1. The molecule has 2 saturated carbocycles. The number of nitrogens with two attached hydrogens (primary N) is 1. The summed E-state index contributed by atoms with van der Waals surface area (Å²) in [6.07, 6.45) is 2.55. The zero-order valence-electron chi connectivity index (χ0n) is 23.5. The van der Waals surface area contributed by atoms with Crippen molar-refractivity contribution in [2.45, 2.75) is 56.8 Å². The van der Waals surface area contributed by atoms with E-state index in [0.717, 1.165) is 12.8 Å². The number of nitrogens with zero attached hydrogens (tertiary/aromatic N) is 1. The fourth-order valence-corrected chi connectivity index (χ4v) is 7.28. The van der Waals surface area contributed by atoms with Gasteiger partial charge in [-0.05, 0) is 64.6 Å². The average molecular weight is 557 g/mol. The summed E-state index contributed by atoms with van der Waals surface area (Å²) in [6.45, 7) is 2.27. The van der Waals surface area contributed by atoms with Crippen LogP contribution >= 0.6 is 0 Å². The van der Waals surface area contributed by atoms with Crippen LogP contribution in [0.15, 0.2) is 17.4 Å². The lowest BCUT2D eigenvalue weighted by Gasteiger charge is -2.54. The lowest BCUT2D eigenvalue weighted by Crippen LogP contribution is -2.70. The van der Waals surface area contributed by atoms with Crippen molar-refractivity contribution in [3.63, 3.8) is 0 Å². The number of phenols is 1. The van der Waals surface area contributed by atoms with E-state index < -0.39 is 58.4 Å². The highest BCUT2D eigenvalue weighted by molar-refractivity contribution is 6.26. The molecule has 0 heterocycles. The molecule has 216 valence electrons. The molecule has 10 nitrogen and oxygen atoms in total. The van der Waals surface area contributed by atoms with Crippen LogP contribution in [0.4, 0.5) is 4.39 Å². The molecular weight excluding hydrogens is 519 g/mol. The van der Waals surface area contributed by atoms with Crippen LogP contribution in [-0.4, -0.2) is 79.2 Å². The van der Waals surface area contributed by atoms with Crippen LogP contribution in [-0.2, 0) is 32.0 Å². The predicted octanol–water partition coefficient (Wildman–Crippen LogP) is 1.71. The molecule has 1 aromatic carbocycles. The summed E-state index contributed by atoms with van der Waals surface area (Å²) in [5, 5.41) is 23.3. The van der Waals surface area contributed by atoms with Crippen molar-refractivity contribution in [2.24, 2.45) is 29.4 Å². The lowest BCUT2D eigenvalue weighted by atomic mass is 9.56. The molecule has 6 unspecified atom stereocenters. The minimum Gasteiger partial charge on any atom is -0.507 e. The molecule has 5 N–H and O–H groups in total. The number of allylic oxidation sites excluding steroid dienone is 1. The number of nitrogens with one attached hydrogen (secondary N) is 2. The molecule has 0 saturated heterocycles. The van der Waals surface area contributed by atoms with E-state index in [1.807, 2.05) is 0 Å². The van der Waals surface area contributed by atoms with Crippen molar-refractivity contribution in [1.29, 1.82) is 5.41 Å². The van der Waals surface area contributed by atoms with Crippen LogP contribution in [0.25, 0.3) is 0 Å². The van der Waals surface area contributed by atoms with Crippen molar-refractivity contribution in [2.75, 3.05) is 28.3 Å². The maximum absolute atomic E-state index is 15.9. The highest BCUT2D eigenvalue weighted by Gasteiger charge is 2.66. The summed E-state index contributed by atoms with van der Waals surface area (Å²) in [5.41, 5.74) is 3.89. The summed E-state index contributed by atoms with van der Waals surface area (Å²) in [7, 11) is 6.03. The number of amides is 1. The first-order chi connectivity index (χ1) is 18.9. The number of phenolic OH excluding ortho intramolecular Hbond substituents is 1. The van der Waals surface area contributed by atoms with Crippen LogP contribution in [0.5, 0.6) is 5.75 Å². The molecule has 5 rings (SSSR count). The molecule has 0 aliphatic heterocycles. The minimum absolute atomic E-state index is 0.00805. The number of fused-ring (bicyclic) bond motifs is 3. The molecule has 1 aromatic rings. The number of ketones is 2. The highest BCUT2D eigenvalue weighted by Crippen LogP contribution is 2.54. The number of benzene rings is 1. The first-order valence-electron chi connectivity index (χ1n) is 13.6. The largest absolute Gasteiger partial charge is 0.507 e. The van der Waals surface area contributed by atoms with Crippen molar-refractivity contribution < 1.29 is 33.4 Å². The molecule has 11 heteroatoms. The Morgan fingerprint density at radius 1 is 1.32 bits per heavy atom. The summed E-state index contributed by atoms with van der Waals surface area (Å²) in [6, 6.07) is 0.619. The Kier molecular flexibility index (Phi) is 7.12. The van der Waals surface area contributed by atoms with Gasteiger partial charge in [0, 0.05) is 42.3 Å². The Balaban J connectivity index is 1.65. The molecular formula is C29H37FN4O6. The number of ether oxygens (including phenoxy) is 2. The van der Waals surface area contributed by atoms with Crippen LogP contribution in [0.2, 0.25) is 0 Å². The van der Waals surface area contributed by atoms with Gasteiger partial charge < -0.3 is 31.0 Å². The lowest BCUT2D eigenvalue weighted by molar-refractivity contribution is -0.143. The Morgan fingerprint density at radius 3 is 2.55 bits per heavy atom. The summed E-state index contributed by atoms with van der Waals surface area (Å²) in [5.74, 6) is -5.31. The fraction of sp³-hybridized carbons (Fsp3) is 0.586. The molecule has 0 bridgehead atoms. The van der Waals surface area contributed by atoms with Gasteiger partial charge in [-0.2, -0.15) is 0 Å². The van der Waals surface area contributed by atoms with E-state index in [4.69, 9.17) is 20.6 Å². The van der Waals surface area contributed by atoms with E-state index in [2.05, 4.69) is 12.2 Å². The van der Waals surface area contributed by atoms with Gasteiger partial charge in [0.05, 0.1) is 24.4 Å². The third-order valence-electron chi connectivity index (χ3n) is 9.35. The number of Topliss-reactive ketones (excluding diaryl/α,β-unsaturated/α-hetero) is 2. The Bertz CT molecular complexity index is 1340. The normalized spacial score (nSPS) is 30.6. The van der Waals surface area contributed by atoms with E-state index >= 15 is 4.39 Å². The second-order valence-corrected chi connectivity index (χ2v) is 11.7. The summed E-state index contributed by atoms with van der Waals surface area (Å²) in [4.78, 5) is 41.6. The van der Waals surface area contributed by atoms with Gasteiger partial charge in [-0.1, -0.05) is 0 Å². The van der Waals surface area contributed by atoms with E-state index in [1.165, 1.54) is 20.3 Å². The van der Waals surface area contributed by atoms with Gasteiger partial charge in [0.15, 0.2) is 17.2 Å². The summed E-state index contributed by atoms with van der Waals surface area (Å²) >= 11 is 0. The van der Waals surface area contributed by atoms with Crippen molar-refractivity contribution in [3.05, 3.63) is 39.9 Å². The number of methoxy groups -OCH3 is 2. The molecule has 6 atom stereocenters. The molecule has 0 aromatic heterocycles. The molecule has 4 aliphatic rings. The molecule has 0 spiro atoms. The zero-order chi connectivity index (χ0) is 29.3. The molecule has 4 aliphatic carbocycles. The number of rotatable bonds is 8. The Morgan fingerprint density at radius 2 is 2.00 bits per heavy atom. The average Bonchev–Trinajstić information content (AvgIpc) is 3.74. The molecule has 1 amide bonds.